The molecule has 0 bridgehead atoms. The second-order valence-corrected chi connectivity index (χ2v) is 6.54. The Morgan fingerprint density at radius 3 is 2.68 bits per heavy atom. The van der Waals surface area contributed by atoms with Crippen LogP contribution in [0.5, 0.6) is 0 Å². The lowest BCUT2D eigenvalue weighted by atomic mass is 10.0. The van der Waals surface area contributed by atoms with Gasteiger partial charge in [-0.25, -0.2) is 0 Å². The van der Waals surface area contributed by atoms with Gasteiger partial charge < -0.3 is 14.4 Å². The van der Waals surface area contributed by atoms with Crippen LogP contribution >= 0.6 is 0 Å². The number of carbonyl (C=O) groups excluding carboxylic acids is 1. The number of carbonyl (C=O) groups is 1. The molecular formula is C14H24N2O3. The van der Waals surface area contributed by atoms with Crippen molar-refractivity contribution in [2.45, 2.75) is 50.4 Å². The van der Waals surface area contributed by atoms with Crippen molar-refractivity contribution in [2.75, 3.05) is 26.9 Å². The zero-order chi connectivity index (χ0) is 13.7. The van der Waals surface area contributed by atoms with Crippen LogP contribution in [0.4, 0.5) is 0 Å². The Balaban J connectivity index is 1.79. The van der Waals surface area contributed by atoms with Crippen LogP contribution in [0.2, 0.25) is 0 Å². The van der Waals surface area contributed by atoms with E-state index in [-0.39, 0.29) is 23.2 Å². The van der Waals surface area contributed by atoms with E-state index in [1.54, 1.807) is 7.11 Å². The Hall–Kier alpha value is -0.650. The van der Waals surface area contributed by atoms with Crippen LogP contribution < -0.4 is 5.32 Å². The summed E-state index contributed by atoms with van der Waals surface area (Å²) in [5.74, 6) is 0.662. The van der Waals surface area contributed by atoms with Crippen molar-refractivity contribution < 1.29 is 14.3 Å². The molecule has 2 unspecified atom stereocenters. The van der Waals surface area contributed by atoms with E-state index in [0.717, 1.165) is 25.9 Å². The molecule has 2 aliphatic heterocycles. The first-order valence-corrected chi connectivity index (χ1v) is 7.24. The van der Waals surface area contributed by atoms with Gasteiger partial charge in [-0.3, -0.25) is 10.1 Å². The highest BCUT2D eigenvalue weighted by atomic mass is 16.5. The molecule has 0 radical (unpaired) electrons. The summed E-state index contributed by atoms with van der Waals surface area (Å²) in [7, 11) is 1.72. The van der Waals surface area contributed by atoms with Gasteiger partial charge in [-0.1, -0.05) is 13.8 Å². The van der Waals surface area contributed by atoms with Crippen LogP contribution in [-0.4, -0.2) is 55.0 Å². The predicted octanol–water partition coefficient (Wildman–Crippen LogP) is 0.738. The lowest BCUT2D eigenvalue weighted by Gasteiger charge is -2.35. The molecule has 5 heteroatoms. The Labute approximate surface area is 114 Å². The maximum atomic E-state index is 12.6. The predicted molar refractivity (Wildman–Crippen MR) is 70.6 cm³/mol. The normalized spacial score (nSPS) is 36.7. The Bertz CT molecular complexity index is 373. The lowest BCUT2D eigenvalue weighted by Crippen LogP contribution is -2.51. The number of rotatable bonds is 4. The monoisotopic (exact) mass is 268 g/mol. The molecule has 108 valence electrons. The van der Waals surface area contributed by atoms with Crippen LogP contribution in [0.25, 0.3) is 0 Å². The summed E-state index contributed by atoms with van der Waals surface area (Å²) in [6.07, 6.45) is 2.94. The standard InChI is InChI=1S/C14H24N2O3/c1-10(2)11-15-14(4-5-14)12(17)16(11)8-13(18-3)6-7-19-9-13/h10-11,15H,4-9H2,1-3H3. The van der Waals surface area contributed by atoms with Crippen LogP contribution in [0.3, 0.4) is 0 Å². The minimum Gasteiger partial charge on any atom is -0.378 e. The van der Waals surface area contributed by atoms with Crippen molar-refractivity contribution in [2.24, 2.45) is 5.92 Å². The first-order valence-electron chi connectivity index (χ1n) is 7.24. The van der Waals surface area contributed by atoms with Gasteiger partial charge in [0, 0.05) is 20.1 Å². The summed E-state index contributed by atoms with van der Waals surface area (Å²) >= 11 is 0. The van der Waals surface area contributed by atoms with Crippen molar-refractivity contribution >= 4 is 5.91 Å². The minimum atomic E-state index is -0.315. The number of hydrogen-bond donors (Lipinski definition) is 1. The maximum Gasteiger partial charge on any atom is 0.244 e. The number of nitrogens with one attached hydrogen (secondary N) is 1. The van der Waals surface area contributed by atoms with Crippen molar-refractivity contribution in [1.82, 2.24) is 10.2 Å². The van der Waals surface area contributed by atoms with E-state index in [4.69, 9.17) is 9.47 Å². The van der Waals surface area contributed by atoms with Crippen LogP contribution in [0.1, 0.15) is 33.1 Å². The molecule has 2 heterocycles. The molecule has 3 fully saturated rings. The Morgan fingerprint density at radius 2 is 2.21 bits per heavy atom. The molecule has 3 rings (SSSR count). The summed E-state index contributed by atoms with van der Waals surface area (Å²) in [5, 5.41) is 3.54. The minimum absolute atomic E-state index is 0.127. The lowest BCUT2D eigenvalue weighted by molar-refractivity contribution is -0.136. The second kappa shape index (κ2) is 4.43. The fourth-order valence-electron chi connectivity index (χ4n) is 3.25. The molecular weight excluding hydrogens is 244 g/mol. The highest BCUT2D eigenvalue weighted by Crippen LogP contribution is 2.44. The maximum absolute atomic E-state index is 12.6. The number of ether oxygens (including phenoxy) is 2. The molecule has 1 spiro atoms. The van der Waals surface area contributed by atoms with Gasteiger partial charge in [-0.15, -0.1) is 0 Å². The summed E-state index contributed by atoms with van der Waals surface area (Å²) < 4.78 is 11.2. The molecule has 0 aromatic carbocycles. The summed E-state index contributed by atoms with van der Waals surface area (Å²) in [4.78, 5) is 14.6. The molecule has 2 saturated heterocycles. The van der Waals surface area contributed by atoms with Crippen molar-refractivity contribution in [1.29, 1.82) is 0 Å². The molecule has 1 N–H and O–H groups in total. The van der Waals surface area contributed by atoms with Crippen LogP contribution in [-0.2, 0) is 14.3 Å². The third kappa shape index (κ3) is 2.08. The van der Waals surface area contributed by atoms with Gasteiger partial charge in [0.15, 0.2) is 0 Å². The highest BCUT2D eigenvalue weighted by Gasteiger charge is 2.60. The Kier molecular flexibility index (Phi) is 3.11. The largest absolute Gasteiger partial charge is 0.378 e. The number of methoxy groups -OCH3 is 1. The third-order valence-corrected chi connectivity index (χ3v) is 4.77. The Morgan fingerprint density at radius 1 is 1.47 bits per heavy atom. The first kappa shape index (κ1) is 13.3. The van der Waals surface area contributed by atoms with E-state index >= 15 is 0 Å². The topological polar surface area (TPSA) is 50.8 Å². The van der Waals surface area contributed by atoms with Gasteiger partial charge in [-0.05, 0) is 18.8 Å². The zero-order valence-corrected chi connectivity index (χ0v) is 12.1. The van der Waals surface area contributed by atoms with Gasteiger partial charge in [0.1, 0.15) is 5.60 Å². The van der Waals surface area contributed by atoms with Gasteiger partial charge >= 0.3 is 0 Å². The van der Waals surface area contributed by atoms with Crippen molar-refractivity contribution in [3.05, 3.63) is 0 Å². The van der Waals surface area contributed by atoms with Crippen LogP contribution in [0, 0.1) is 5.92 Å². The number of nitrogens with zero attached hydrogens (tertiary/aromatic N) is 1. The van der Waals surface area contributed by atoms with Crippen LogP contribution in [0.15, 0.2) is 0 Å². The van der Waals surface area contributed by atoms with Crippen molar-refractivity contribution in [3.63, 3.8) is 0 Å². The van der Waals surface area contributed by atoms with E-state index in [0.29, 0.717) is 19.1 Å². The molecule has 1 aliphatic carbocycles. The summed E-state index contributed by atoms with van der Waals surface area (Å²) in [6.45, 7) is 6.26. The molecule has 1 amide bonds. The van der Waals surface area contributed by atoms with E-state index in [9.17, 15) is 4.79 Å². The quantitative estimate of drug-likeness (QED) is 0.817. The SMILES string of the molecule is COC1(CN2C(=O)C3(CC3)NC2C(C)C)CCOC1. The number of amides is 1. The molecule has 2 atom stereocenters. The molecule has 0 aromatic heterocycles. The second-order valence-electron chi connectivity index (χ2n) is 6.54. The van der Waals surface area contributed by atoms with Gasteiger partial charge in [-0.2, -0.15) is 0 Å². The molecule has 1 saturated carbocycles. The smallest absolute Gasteiger partial charge is 0.244 e. The fraction of sp³-hybridized carbons (Fsp3) is 0.929. The average Bonchev–Trinajstić information content (AvgIpc) is 2.94. The number of hydrogen-bond acceptors (Lipinski definition) is 4. The summed E-state index contributed by atoms with van der Waals surface area (Å²) in [5.41, 5.74) is -0.561. The highest BCUT2D eigenvalue weighted by molar-refractivity contribution is 5.91. The zero-order valence-electron chi connectivity index (χ0n) is 12.1. The van der Waals surface area contributed by atoms with E-state index in [1.807, 2.05) is 4.90 Å². The molecule has 19 heavy (non-hydrogen) atoms. The first-order chi connectivity index (χ1) is 9.02. The van der Waals surface area contributed by atoms with Gasteiger partial charge in [0.05, 0.1) is 24.9 Å². The fourth-order valence-corrected chi connectivity index (χ4v) is 3.25. The van der Waals surface area contributed by atoms with Gasteiger partial charge in [0.2, 0.25) is 5.91 Å². The van der Waals surface area contributed by atoms with Gasteiger partial charge in [0.25, 0.3) is 0 Å². The average molecular weight is 268 g/mol. The summed E-state index contributed by atoms with van der Waals surface area (Å²) in [6, 6.07) is 0. The molecule has 0 aromatic rings. The molecule has 3 aliphatic rings. The molecule has 5 nitrogen and oxygen atoms in total. The third-order valence-electron chi connectivity index (χ3n) is 4.77. The van der Waals surface area contributed by atoms with E-state index in [1.165, 1.54) is 0 Å². The van der Waals surface area contributed by atoms with Crippen molar-refractivity contribution in [3.8, 4) is 0 Å². The van der Waals surface area contributed by atoms with E-state index in [2.05, 4.69) is 19.2 Å². The van der Waals surface area contributed by atoms with E-state index < -0.39 is 0 Å².